The predicted octanol–water partition coefficient (Wildman–Crippen LogP) is 24.0. The van der Waals surface area contributed by atoms with Crippen molar-refractivity contribution in [3.63, 3.8) is 0 Å². The summed E-state index contributed by atoms with van der Waals surface area (Å²) < 4.78 is 22.8. The molecular formula is C88H145NO8. The summed E-state index contributed by atoms with van der Waals surface area (Å²) in [5.74, 6) is -2.31. The monoisotopic (exact) mass is 1340 g/mol. The first kappa shape index (κ1) is 91.6. The normalized spacial score (nSPS) is 13.6. The van der Waals surface area contributed by atoms with Crippen molar-refractivity contribution in [2.45, 2.75) is 322 Å². The molecule has 2 unspecified atom stereocenters. The molecule has 0 aromatic carbocycles. The molecule has 0 aliphatic rings. The molecule has 9 nitrogen and oxygen atoms in total. The molecule has 0 bridgehead atoms. The maximum atomic E-state index is 13.0. The molecule has 9 heteroatoms. The molecule has 0 radical (unpaired) electrons. The molecule has 0 saturated heterocycles. The van der Waals surface area contributed by atoms with Gasteiger partial charge in [0.25, 0.3) is 0 Å². The fourth-order valence-corrected chi connectivity index (χ4v) is 10.6. The summed E-state index contributed by atoms with van der Waals surface area (Å²) in [6.07, 6.45) is 112. The van der Waals surface area contributed by atoms with Crippen LogP contribution < -0.4 is 5.11 Å². The lowest BCUT2D eigenvalue weighted by molar-refractivity contribution is -0.870. The standard InChI is InChI=1S/C88H145NO8/c1-6-8-10-12-14-16-18-20-22-24-26-28-30-32-34-36-38-40-42-43-45-47-49-51-53-55-57-59-61-63-65-67-69-71-73-75-77-79-86(91)97-84(83-96-88(87(92)93)94-81-80-89(3,4)5)82-95-85(90)78-76-74-72-70-68-66-64-62-60-58-56-54-52-50-48-46-44-41-39-37-35-33-31-29-27-25-23-21-19-17-15-13-11-9-7-2/h8-11,14-17,20-23,26-29,32,34,38,40,43,45,49,51,55,57,61,63,84,88H,6-7,12-13,18-19,24-25,30-31,33,35-37,39,41-42,44,46-48,50,52-54,56,58-60,62,64-83H2,1-5H3/b10-8-,11-9-,16-14-,17-15-,22-20-,23-21-,28-26-,29-27-,34-32-,40-38-,45-43-,51-49-,57-55-,63-61-. The molecule has 0 aliphatic carbocycles. The Morgan fingerprint density at radius 2 is 0.557 bits per heavy atom. The number of ether oxygens (including phenoxy) is 4. The van der Waals surface area contributed by atoms with Crippen LogP contribution in [0.4, 0.5) is 0 Å². The highest BCUT2D eigenvalue weighted by molar-refractivity contribution is 5.70. The van der Waals surface area contributed by atoms with E-state index >= 15 is 0 Å². The Kier molecular flexibility index (Phi) is 72.2. The third kappa shape index (κ3) is 77.9. The van der Waals surface area contributed by atoms with E-state index in [1.54, 1.807) is 0 Å². The predicted molar refractivity (Wildman–Crippen MR) is 416 cm³/mol. The zero-order valence-electron chi connectivity index (χ0n) is 62.9. The van der Waals surface area contributed by atoms with Gasteiger partial charge < -0.3 is 33.3 Å². The number of quaternary nitrogens is 1. The van der Waals surface area contributed by atoms with Crippen LogP contribution in [0.3, 0.4) is 0 Å². The minimum absolute atomic E-state index is 0.138. The zero-order chi connectivity index (χ0) is 70.4. The Balaban J connectivity index is 4.12. The number of carboxylic acids is 1. The molecule has 0 heterocycles. The van der Waals surface area contributed by atoms with Crippen molar-refractivity contribution < 1.29 is 42.9 Å². The summed E-state index contributed by atoms with van der Waals surface area (Å²) >= 11 is 0. The number of nitrogens with zero attached hydrogens (tertiary/aromatic N) is 1. The van der Waals surface area contributed by atoms with E-state index in [-0.39, 0.29) is 38.6 Å². The molecule has 0 N–H and O–H groups in total. The topological polar surface area (TPSA) is 111 Å². The van der Waals surface area contributed by atoms with Gasteiger partial charge in [0.05, 0.1) is 40.3 Å². The van der Waals surface area contributed by atoms with Gasteiger partial charge in [0.1, 0.15) is 13.2 Å². The van der Waals surface area contributed by atoms with E-state index in [0.717, 1.165) is 148 Å². The minimum atomic E-state index is -1.64. The first-order valence-electron chi connectivity index (χ1n) is 39.3. The zero-order valence-corrected chi connectivity index (χ0v) is 62.9. The van der Waals surface area contributed by atoms with E-state index in [2.05, 4.69) is 184 Å². The fourth-order valence-electron chi connectivity index (χ4n) is 10.6. The van der Waals surface area contributed by atoms with Crippen molar-refractivity contribution in [3.05, 3.63) is 170 Å². The third-order valence-corrected chi connectivity index (χ3v) is 16.5. The van der Waals surface area contributed by atoms with Gasteiger partial charge in [-0.15, -0.1) is 0 Å². The van der Waals surface area contributed by atoms with Crippen LogP contribution in [0.5, 0.6) is 0 Å². The van der Waals surface area contributed by atoms with Crippen molar-refractivity contribution in [1.29, 1.82) is 0 Å². The summed E-state index contributed by atoms with van der Waals surface area (Å²) in [6, 6.07) is 0. The Morgan fingerprint density at radius 1 is 0.309 bits per heavy atom. The number of esters is 2. The number of carbonyl (C=O) groups excluding carboxylic acids is 3. The lowest BCUT2D eigenvalue weighted by Crippen LogP contribution is -2.44. The third-order valence-electron chi connectivity index (χ3n) is 16.5. The van der Waals surface area contributed by atoms with Gasteiger partial charge in [-0.3, -0.25) is 9.59 Å². The molecule has 0 amide bonds. The van der Waals surface area contributed by atoms with E-state index in [4.69, 9.17) is 18.9 Å². The second kappa shape index (κ2) is 76.4. The SMILES string of the molecule is CC/C=C\C/C=C\C/C=C\C/C=C\C/C=C\C/C=C\C/C=C\C/C=C\C/C=C\C/C=C\CCCCCCCCC(=O)OC(COC(=O)CCCCCCCCCCCCCCCCCCCCCCCC/C=C\C/C=C\C/C=C\C/C=C\CC)COC(OCC[N+](C)(C)C)C(=O)[O-]. The molecule has 0 fully saturated rings. The molecular weight excluding hydrogens is 1200 g/mol. The minimum Gasteiger partial charge on any atom is -0.545 e. The highest BCUT2D eigenvalue weighted by atomic mass is 16.7. The van der Waals surface area contributed by atoms with Crippen LogP contribution >= 0.6 is 0 Å². The summed E-state index contributed by atoms with van der Waals surface area (Å²) in [6.45, 7) is 4.51. The number of carboxylic acid groups (broad SMARTS) is 1. The lowest BCUT2D eigenvalue weighted by atomic mass is 10.0. The second-order valence-corrected chi connectivity index (χ2v) is 26.9. The van der Waals surface area contributed by atoms with E-state index < -0.39 is 24.3 Å². The lowest BCUT2D eigenvalue weighted by Gasteiger charge is -2.26. The van der Waals surface area contributed by atoms with Crippen molar-refractivity contribution >= 4 is 17.9 Å². The Bertz CT molecular complexity index is 2210. The van der Waals surface area contributed by atoms with Crippen molar-refractivity contribution in [3.8, 4) is 0 Å². The molecule has 550 valence electrons. The first-order valence-corrected chi connectivity index (χ1v) is 39.3. The Morgan fingerprint density at radius 3 is 0.825 bits per heavy atom. The maximum absolute atomic E-state index is 13.0. The van der Waals surface area contributed by atoms with Gasteiger partial charge in [-0.1, -0.05) is 338 Å². The van der Waals surface area contributed by atoms with Crippen LogP contribution in [0.25, 0.3) is 0 Å². The molecule has 0 spiro atoms. The average molecular weight is 1350 g/mol. The fraction of sp³-hybridized carbons (Fsp3) is 0.648. The highest BCUT2D eigenvalue weighted by Gasteiger charge is 2.22. The van der Waals surface area contributed by atoms with Crippen molar-refractivity contribution in [1.82, 2.24) is 0 Å². The van der Waals surface area contributed by atoms with Crippen LogP contribution in [-0.2, 0) is 33.3 Å². The van der Waals surface area contributed by atoms with Gasteiger partial charge in [-0.2, -0.15) is 0 Å². The first-order chi connectivity index (χ1) is 47.6. The van der Waals surface area contributed by atoms with Crippen molar-refractivity contribution in [2.24, 2.45) is 0 Å². The summed E-state index contributed by atoms with van der Waals surface area (Å²) in [7, 11) is 5.92. The molecule has 0 aromatic rings. The van der Waals surface area contributed by atoms with Crippen LogP contribution in [-0.4, -0.2) is 82.3 Å². The van der Waals surface area contributed by atoms with E-state index in [1.807, 2.05) is 21.1 Å². The number of carbonyl (C=O) groups is 3. The smallest absolute Gasteiger partial charge is 0.306 e. The van der Waals surface area contributed by atoms with Crippen molar-refractivity contribution in [2.75, 3.05) is 47.5 Å². The molecule has 97 heavy (non-hydrogen) atoms. The van der Waals surface area contributed by atoms with Crippen LogP contribution in [0.1, 0.15) is 309 Å². The maximum Gasteiger partial charge on any atom is 0.306 e. The number of hydrogen-bond donors (Lipinski definition) is 0. The molecule has 0 rings (SSSR count). The number of hydrogen-bond acceptors (Lipinski definition) is 8. The summed E-state index contributed by atoms with van der Waals surface area (Å²) in [5, 5.41) is 11.9. The van der Waals surface area contributed by atoms with Gasteiger partial charge in [0.2, 0.25) is 0 Å². The van der Waals surface area contributed by atoms with Gasteiger partial charge in [0.15, 0.2) is 12.4 Å². The van der Waals surface area contributed by atoms with Gasteiger partial charge in [-0.05, 0) is 128 Å². The summed E-state index contributed by atoms with van der Waals surface area (Å²) in [5.41, 5.74) is 0. The number of allylic oxidation sites excluding steroid dienone is 28. The van der Waals surface area contributed by atoms with E-state index in [9.17, 15) is 19.5 Å². The van der Waals surface area contributed by atoms with Crippen LogP contribution in [0.2, 0.25) is 0 Å². The van der Waals surface area contributed by atoms with E-state index in [0.29, 0.717) is 17.4 Å². The van der Waals surface area contributed by atoms with Gasteiger partial charge >= 0.3 is 11.9 Å². The quantitative estimate of drug-likeness (QED) is 0.0195. The number of rotatable bonds is 71. The average Bonchev–Trinajstić information content (AvgIpc) is 3.11. The van der Waals surface area contributed by atoms with Gasteiger partial charge in [0, 0.05) is 12.8 Å². The molecule has 0 aromatic heterocycles. The molecule has 0 aliphatic heterocycles. The Labute approximate surface area is 597 Å². The molecule has 0 saturated carbocycles. The summed E-state index contributed by atoms with van der Waals surface area (Å²) in [4.78, 5) is 37.6. The second-order valence-electron chi connectivity index (χ2n) is 26.9. The number of aliphatic carboxylic acids is 1. The van der Waals surface area contributed by atoms with Crippen LogP contribution in [0.15, 0.2) is 170 Å². The van der Waals surface area contributed by atoms with Crippen LogP contribution in [0, 0.1) is 0 Å². The van der Waals surface area contributed by atoms with E-state index in [1.165, 1.54) is 128 Å². The number of unbranched alkanes of at least 4 members (excludes halogenated alkanes) is 28. The molecule has 2 atom stereocenters. The largest absolute Gasteiger partial charge is 0.545 e. The Hall–Kier alpha value is -5.35. The highest BCUT2D eigenvalue weighted by Crippen LogP contribution is 2.18. The van der Waals surface area contributed by atoms with Gasteiger partial charge in [-0.25, -0.2) is 0 Å². The number of likely N-dealkylation sites (N-methyl/N-ethyl adjacent to an activating group) is 1.